The number of nitrogens with zero attached hydrogens (tertiary/aromatic N) is 3. The van der Waals surface area contributed by atoms with Crippen LogP contribution < -0.4 is 5.32 Å². The second-order valence-corrected chi connectivity index (χ2v) is 6.28. The topological polar surface area (TPSA) is 33.1 Å². The van der Waals surface area contributed by atoms with E-state index in [9.17, 15) is 0 Å². The highest BCUT2D eigenvalue weighted by atomic mass is 35.5. The number of aryl methyl sites for hydroxylation is 2. The van der Waals surface area contributed by atoms with Crippen molar-refractivity contribution in [2.75, 3.05) is 20.6 Å². The highest BCUT2D eigenvalue weighted by Crippen LogP contribution is 2.21. The van der Waals surface area contributed by atoms with Crippen LogP contribution in [0.4, 0.5) is 0 Å². The summed E-state index contributed by atoms with van der Waals surface area (Å²) in [5, 5.41) is 12.9. The van der Waals surface area contributed by atoms with Gasteiger partial charge in [0, 0.05) is 31.7 Å². The van der Waals surface area contributed by atoms with Crippen LogP contribution in [0, 0.1) is 6.92 Å². The van der Waals surface area contributed by atoms with E-state index in [1.807, 2.05) is 14.0 Å². The summed E-state index contributed by atoms with van der Waals surface area (Å²) in [6, 6.07) is 2.55. The highest BCUT2D eigenvalue weighted by molar-refractivity contribution is 7.07. The fourth-order valence-electron chi connectivity index (χ4n) is 2.27. The summed E-state index contributed by atoms with van der Waals surface area (Å²) < 4.78 is 1.72. The molecule has 0 radical (unpaired) electrons. The minimum Gasteiger partial charge on any atom is -0.311 e. The zero-order chi connectivity index (χ0) is 14.7. The summed E-state index contributed by atoms with van der Waals surface area (Å²) in [6.07, 6.45) is 0. The average Bonchev–Trinajstić information content (AvgIpc) is 2.97. The zero-order valence-electron chi connectivity index (χ0n) is 12.4. The molecule has 6 heteroatoms. The Hall–Kier alpha value is -0.880. The number of hydrogen-bond donors (Lipinski definition) is 1. The van der Waals surface area contributed by atoms with E-state index in [1.165, 1.54) is 5.56 Å². The van der Waals surface area contributed by atoms with E-state index in [2.05, 4.69) is 46.2 Å². The van der Waals surface area contributed by atoms with Crippen molar-refractivity contribution in [3.05, 3.63) is 38.8 Å². The molecule has 0 unspecified atom stereocenters. The first kappa shape index (κ1) is 15.5. The van der Waals surface area contributed by atoms with Crippen LogP contribution in [0.25, 0.3) is 0 Å². The highest BCUT2D eigenvalue weighted by Gasteiger charge is 2.15. The van der Waals surface area contributed by atoms with Gasteiger partial charge in [0.1, 0.15) is 5.15 Å². The van der Waals surface area contributed by atoms with E-state index in [0.717, 1.165) is 24.3 Å². The van der Waals surface area contributed by atoms with Crippen molar-refractivity contribution in [1.29, 1.82) is 0 Å². The van der Waals surface area contributed by atoms with Crippen molar-refractivity contribution in [3.63, 3.8) is 0 Å². The molecular weight excluding hydrogens is 292 g/mol. The third-order valence-electron chi connectivity index (χ3n) is 3.46. The van der Waals surface area contributed by atoms with Crippen LogP contribution in [0.1, 0.15) is 22.9 Å². The van der Waals surface area contributed by atoms with Gasteiger partial charge in [0.2, 0.25) is 0 Å². The predicted molar refractivity (Wildman–Crippen MR) is 85.4 cm³/mol. The van der Waals surface area contributed by atoms with Crippen LogP contribution >= 0.6 is 22.9 Å². The molecular formula is C14H21ClN4S. The summed E-state index contributed by atoms with van der Waals surface area (Å²) in [7, 11) is 6.07. The normalized spacial score (nSPS) is 13.1. The lowest BCUT2D eigenvalue weighted by Crippen LogP contribution is -2.30. The quantitative estimate of drug-likeness (QED) is 0.890. The molecule has 20 heavy (non-hydrogen) atoms. The van der Waals surface area contributed by atoms with Gasteiger partial charge in [0.05, 0.1) is 5.69 Å². The van der Waals surface area contributed by atoms with Gasteiger partial charge in [-0.05, 0) is 43.4 Å². The standard InChI is InChI=1S/C14H21ClN4S/c1-10-12(14(15)19(4)17-10)7-16-8-13(18(2)3)11-5-6-20-9-11/h5-6,9,13,16H,7-8H2,1-4H3/t13-/m1/s1. The van der Waals surface area contributed by atoms with Gasteiger partial charge in [-0.15, -0.1) is 0 Å². The Kier molecular flexibility index (Phi) is 5.21. The van der Waals surface area contributed by atoms with Crippen LogP contribution in [0.5, 0.6) is 0 Å². The molecule has 0 spiro atoms. The van der Waals surface area contributed by atoms with E-state index in [1.54, 1.807) is 16.0 Å². The van der Waals surface area contributed by atoms with Gasteiger partial charge in [0.25, 0.3) is 0 Å². The molecule has 1 atom stereocenters. The number of aromatic nitrogens is 2. The summed E-state index contributed by atoms with van der Waals surface area (Å²) in [4.78, 5) is 2.23. The Morgan fingerprint density at radius 3 is 2.75 bits per heavy atom. The van der Waals surface area contributed by atoms with Gasteiger partial charge in [-0.1, -0.05) is 11.6 Å². The third-order valence-corrected chi connectivity index (χ3v) is 4.63. The smallest absolute Gasteiger partial charge is 0.131 e. The Bertz CT molecular complexity index is 548. The monoisotopic (exact) mass is 312 g/mol. The SMILES string of the molecule is Cc1nn(C)c(Cl)c1CNC[C@H](c1ccsc1)N(C)C. The van der Waals surface area contributed by atoms with Gasteiger partial charge in [0.15, 0.2) is 0 Å². The van der Waals surface area contributed by atoms with E-state index < -0.39 is 0 Å². The van der Waals surface area contributed by atoms with E-state index >= 15 is 0 Å². The third kappa shape index (κ3) is 3.41. The largest absolute Gasteiger partial charge is 0.311 e. The minimum atomic E-state index is 0.372. The lowest BCUT2D eigenvalue weighted by atomic mass is 10.1. The average molecular weight is 313 g/mol. The molecule has 2 heterocycles. The van der Waals surface area contributed by atoms with Gasteiger partial charge in [-0.25, -0.2) is 0 Å². The van der Waals surface area contributed by atoms with Crippen LogP contribution in [-0.4, -0.2) is 35.3 Å². The Morgan fingerprint density at radius 2 is 2.25 bits per heavy atom. The Balaban J connectivity index is 1.97. The van der Waals surface area contributed by atoms with E-state index in [4.69, 9.17) is 11.6 Å². The fraction of sp³-hybridized carbons (Fsp3) is 0.500. The summed E-state index contributed by atoms with van der Waals surface area (Å²) >= 11 is 7.98. The van der Waals surface area contributed by atoms with E-state index in [0.29, 0.717) is 11.2 Å². The van der Waals surface area contributed by atoms with Crippen molar-refractivity contribution in [1.82, 2.24) is 20.0 Å². The summed E-state index contributed by atoms with van der Waals surface area (Å²) in [5.74, 6) is 0. The summed E-state index contributed by atoms with van der Waals surface area (Å²) in [5.41, 5.74) is 3.42. The van der Waals surface area contributed by atoms with Gasteiger partial charge in [-0.3, -0.25) is 4.68 Å². The molecule has 2 aromatic rings. The van der Waals surface area contributed by atoms with Crippen LogP contribution in [0.3, 0.4) is 0 Å². The van der Waals surface area contributed by atoms with Crippen LogP contribution in [0.2, 0.25) is 5.15 Å². The molecule has 0 saturated heterocycles. The lowest BCUT2D eigenvalue weighted by Gasteiger charge is -2.24. The number of rotatable bonds is 6. The first-order valence-corrected chi connectivity index (χ1v) is 7.90. The van der Waals surface area contributed by atoms with Crippen molar-refractivity contribution in [3.8, 4) is 0 Å². The molecule has 0 aliphatic carbocycles. The van der Waals surface area contributed by atoms with Gasteiger partial charge >= 0.3 is 0 Å². The van der Waals surface area contributed by atoms with Gasteiger partial charge in [-0.2, -0.15) is 16.4 Å². The van der Waals surface area contributed by atoms with Crippen LogP contribution in [0.15, 0.2) is 16.8 Å². The van der Waals surface area contributed by atoms with E-state index in [-0.39, 0.29) is 0 Å². The molecule has 110 valence electrons. The lowest BCUT2D eigenvalue weighted by molar-refractivity contribution is 0.289. The maximum Gasteiger partial charge on any atom is 0.131 e. The molecule has 0 aliphatic rings. The minimum absolute atomic E-state index is 0.372. The second kappa shape index (κ2) is 6.72. The van der Waals surface area contributed by atoms with Crippen LogP contribution in [-0.2, 0) is 13.6 Å². The first-order chi connectivity index (χ1) is 9.50. The Morgan fingerprint density at radius 1 is 1.50 bits per heavy atom. The van der Waals surface area contributed by atoms with Gasteiger partial charge < -0.3 is 10.2 Å². The second-order valence-electron chi connectivity index (χ2n) is 5.15. The molecule has 0 amide bonds. The number of thiophene rings is 1. The maximum absolute atomic E-state index is 6.24. The predicted octanol–water partition coefficient (Wildman–Crippen LogP) is 2.84. The number of nitrogens with one attached hydrogen (secondary N) is 1. The number of hydrogen-bond acceptors (Lipinski definition) is 4. The molecule has 2 aromatic heterocycles. The molecule has 1 N–H and O–H groups in total. The van der Waals surface area contributed by atoms with Crippen molar-refractivity contribution >= 4 is 22.9 Å². The number of likely N-dealkylation sites (N-methyl/N-ethyl adjacent to an activating group) is 1. The van der Waals surface area contributed by atoms with Crippen molar-refractivity contribution in [2.45, 2.75) is 19.5 Å². The molecule has 2 rings (SSSR count). The number of halogens is 1. The fourth-order valence-corrected chi connectivity index (χ4v) is 3.22. The molecule has 0 saturated carbocycles. The summed E-state index contributed by atoms with van der Waals surface area (Å²) in [6.45, 7) is 3.62. The van der Waals surface area contributed by atoms with Crippen molar-refractivity contribution < 1.29 is 0 Å². The molecule has 0 fully saturated rings. The molecule has 4 nitrogen and oxygen atoms in total. The van der Waals surface area contributed by atoms with Crippen molar-refractivity contribution in [2.24, 2.45) is 7.05 Å². The zero-order valence-corrected chi connectivity index (χ0v) is 13.9. The molecule has 0 aromatic carbocycles. The molecule has 0 bridgehead atoms. The first-order valence-electron chi connectivity index (χ1n) is 6.58. The maximum atomic E-state index is 6.24. The Labute approximate surface area is 129 Å². The molecule has 0 aliphatic heterocycles.